The number of rotatable bonds is 5. The number of nitrogens with zero attached hydrogens (tertiary/aromatic N) is 4. The van der Waals surface area contributed by atoms with Gasteiger partial charge in [-0.2, -0.15) is 0 Å². The molecule has 4 heterocycles. The molecule has 0 unspecified atom stereocenters. The van der Waals surface area contributed by atoms with Crippen molar-refractivity contribution in [2.24, 2.45) is 0 Å². The van der Waals surface area contributed by atoms with E-state index in [9.17, 15) is 14.7 Å². The van der Waals surface area contributed by atoms with E-state index in [1.165, 1.54) is 4.88 Å². The highest BCUT2D eigenvalue weighted by atomic mass is 32.1. The molecule has 0 aliphatic carbocycles. The van der Waals surface area contributed by atoms with Gasteiger partial charge < -0.3 is 15.3 Å². The van der Waals surface area contributed by atoms with E-state index in [1.54, 1.807) is 46.2 Å². The van der Waals surface area contributed by atoms with Gasteiger partial charge in [0.05, 0.1) is 41.5 Å². The van der Waals surface area contributed by atoms with Gasteiger partial charge in [0.1, 0.15) is 11.5 Å². The average molecular weight is 462 g/mol. The van der Waals surface area contributed by atoms with Crippen LogP contribution in [0, 0.1) is 13.8 Å². The predicted molar refractivity (Wildman–Crippen MR) is 128 cm³/mol. The van der Waals surface area contributed by atoms with Crippen LogP contribution >= 0.6 is 11.3 Å². The van der Waals surface area contributed by atoms with Gasteiger partial charge in [-0.25, -0.2) is 14.8 Å². The molecule has 0 radical (unpaired) electrons. The van der Waals surface area contributed by atoms with Crippen molar-refractivity contribution in [3.63, 3.8) is 0 Å². The van der Waals surface area contributed by atoms with Crippen molar-refractivity contribution in [3.05, 3.63) is 85.2 Å². The van der Waals surface area contributed by atoms with Gasteiger partial charge in [-0.05, 0) is 44.5 Å². The highest BCUT2D eigenvalue weighted by Gasteiger charge is 2.26. The first-order valence-electron chi connectivity index (χ1n) is 10.6. The Hall–Kier alpha value is -3.72. The topological polar surface area (TPSA) is 99.8 Å². The fourth-order valence-electron chi connectivity index (χ4n) is 4.33. The smallest absolute Gasteiger partial charge is 0.337 e. The number of pyridine rings is 1. The summed E-state index contributed by atoms with van der Waals surface area (Å²) in [6.07, 6.45) is 1.80. The molecule has 3 aromatic heterocycles. The molecule has 0 amide bonds. The zero-order valence-corrected chi connectivity index (χ0v) is 19.3. The number of hydrogen-bond donors (Lipinski definition) is 2. The molecular formula is C24H23N5O3S. The van der Waals surface area contributed by atoms with Gasteiger partial charge in [-0.15, -0.1) is 11.3 Å². The number of carboxylic acids is 1. The van der Waals surface area contributed by atoms with E-state index < -0.39 is 5.97 Å². The molecule has 0 saturated carbocycles. The highest BCUT2D eigenvalue weighted by molar-refractivity contribution is 7.09. The molecule has 1 aliphatic heterocycles. The van der Waals surface area contributed by atoms with Crippen LogP contribution in [0.25, 0.3) is 5.65 Å². The Bertz CT molecular complexity index is 1440. The van der Waals surface area contributed by atoms with Crippen LogP contribution in [0.1, 0.15) is 50.6 Å². The summed E-state index contributed by atoms with van der Waals surface area (Å²) >= 11 is 1.62. The minimum Gasteiger partial charge on any atom is -0.478 e. The van der Waals surface area contributed by atoms with Crippen molar-refractivity contribution in [1.82, 2.24) is 14.4 Å². The molecule has 0 spiro atoms. The monoisotopic (exact) mass is 461 g/mol. The minimum absolute atomic E-state index is 0.110. The van der Waals surface area contributed by atoms with Crippen LogP contribution in [0.5, 0.6) is 0 Å². The first kappa shape index (κ1) is 21.1. The molecule has 1 atom stereocenters. The van der Waals surface area contributed by atoms with Crippen LogP contribution in [-0.4, -0.2) is 25.4 Å². The lowest BCUT2D eigenvalue weighted by Crippen LogP contribution is -2.27. The third kappa shape index (κ3) is 3.64. The summed E-state index contributed by atoms with van der Waals surface area (Å²) in [6, 6.07) is 8.49. The quantitative estimate of drug-likeness (QED) is 0.460. The van der Waals surface area contributed by atoms with Gasteiger partial charge in [-0.3, -0.25) is 9.20 Å². The summed E-state index contributed by atoms with van der Waals surface area (Å²) in [5.41, 5.74) is 6.37. The second kappa shape index (κ2) is 8.00. The number of nitrogens with one attached hydrogen (secondary N) is 1. The zero-order valence-electron chi connectivity index (χ0n) is 18.5. The van der Waals surface area contributed by atoms with Crippen molar-refractivity contribution in [3.8, 4) is 0 Å². The molecule has 1 aromatic carbocycles. The van der Waals surface area contributed by atoms with E-state index in [0.29, 0.717) is 35.8 Å². The molecule has 0 fully saturated rings. The molecular weight excluding hydrogens is 438 g/mol. The summed E-state index contributed by atoms with van der Waals surface area (Å²) < 4.78 is 1.59. The number of carboxylic acid groups (broad SMARTS) is 1. The maximum absolute atomic E-state index is 13.3. The first-order valence-corrected chi connectivity index (χ1v) is 11.5. The number of aromatic nitrogens is 3. The van der Waals surface area contributed by atoms with Gasteiger partial charge in [0.25, 0.3) is 5.56 Å². The predicted octanol–water partition coefficient (Wildman–Crippen LogP) is 4.16. The van der Waals surface area contributed by atoms with Gasteiger partial charge in [-0.1, -0.05) is 12.1 Å². The first-order chi connectivity index (χ1) is 15.8. The Morgan fingerprint density at radius 3 is 2.79 bits per heavy atom. The Morgan fingerprint density at radius 2 is 2.03 bits per heavy atom. The minimum atomic E-state index is -0.998. The van der Waals surface area contributed by atoms with E-state index in [2.05, 4.69) is 15.2 Å². The van der Waals surface area contributed by atoms with Crippen LogP contribution in [0.3, 0.4) is 0 Å². The van der Waals surface area contributed by atoms with E-state index in [4.69, 9.17) is 4.98 Å². The van der Waals surface area contributed by atoms with E-state index >= 15 is 0 Å². The Morgan fingerprint density at radius 1 is 1.24 bits per heavy atom. The number of para-hydroxylation sites is 1. The molecule has 33 heavy (non-hydrogen) atoms. The molecule has 5 rings (SSSR count). The summed E-state index contributed by atoms with van der Waals surface area (Å²) in [4.78, 5) is 37.6. The van der Waals surface area contributed by atoms with Crippen molar-refractivity contribution in [2.75, 3.05) is 10.2 Å². The SMILES string of the molecule is Cc1cc([C@@H](C)Nc2ccccc2C(=O)O)c2nc(N3Cc4ncsc4C3)c(C)c(=O)n2c1. The van der Waals surface area contributed by atoms with Gasteiger partial charge in [0, 0.05) is 22.3 Å². The number of hydrogen-bond acceptors (Lipinski definition) is 7. The van der Waals surface area contributed by atoms with Crippen molar-refractivity contribution in [2.45, 2.75) is 39.9 Å². The van der Waals surface area contributed by atoms with E-state index in [-0.39, 0.29) is 17.2 Å². The lowest BCUT2D eigenvalue weighted by atomic mass is 10.1. The maximum Gasteiger partial charge on any atom is 0.337 e. The number of carbonyl (C=O) groups is 1. The second-order valence-electron chi connectivity index (χ2n) is 8.33. The number of aryl methyl sites for hydroxylation is 1. The Kier molecular flexibility index (Phi) is 5.13. The average Bonchev–Trinajstić information content (AvgIpc) is 3.38. The van der Waals surface area contributed by atoms with E-state index in [1.807, 2.05) is 32.3 Å². The lowest BCUT2D eigenvalue weighted by molar-refractivity contribution is 0.0698. The van der Waals surface area contributed by atoms with Crippen molar-refractivity contribution >= 4 is 34.5 Å². The Labute approximate surface area is 194 Å². The van der Waals surface area contributed by atoms with Crippen LogP contribution in [-0.2, 0) is 13.1 Å². The van der Waals surface area contributed by atoms with Crippen LogP contribution in [0.2, 0.25) is 0 Å². The van der Waals surface area contributed by atoms with Crippen LogP contribution < -0.4 is 15.8 Å². The fourth-order valence-corrected chi connectivity index (χ4v) is 5.12. The number of anilines is 2. The molecule has 8 nitrogen and oxygen atoms in total. The molecule has 9 heteroatoms. The molecule has 4 aromatic rings. The van der Waals surface area contributed by atoms with Gasteiger partial charge >= 0.3 is 5.97 Å². The number of fused-ring (bicyclic) bond motifs is 2. The van der Waals surface area contributed by atoms with Crippen LogP contribution in [0.15, 0.2) is 46.8 Å². The highest BCUT2D eigenvalue weighted by Crippen LogP contribution is 2.31. The van der Waals surface area contributed by atoms with Crippen molar-refractivity contribution in [1.29, 1.82) is 0 Å². The molecule has 168 valence electrons. The van der Waals surface area contributed by atoms with E-state index in [0.717, 1.165) is 16.8 Å². The molecule has 0 saturated heterocycles. The lowest BCUT2D eigenvalue weighted by Gasteiger charge is -2.23. The third-order valence-electron chi connectivity index (χ3n) is 5.99. The normalized spacial score (nSPS) is 13.8. The Balaban J connectivity index is 1.60. The number of aromatic carboxylic acids is 1. The third-order valence-corrected chi connectivity index (χ3v) is 6.85. The summed E-state index contributed by atoms with van der Waals surface area (Å²) in [6.45, 7) is 6.99. The standard InChI is InChI=1S/C24H23N5O3S/c1-13-8-17(15(3)26-18-7-5-4-6-16(18)24(31)32)22-27-21(14(2)23(30)29(22)9-13)28-10-19-20(11-28)33-12-25-19/h4-9,12,15,26H,10-11H2,1-3H3,(H,31,32)/t15-/m1/s1. The largest absolute Gasteiger partial charge is 0.478 e. The summed E-state index contributed by atoms with van der Waals surface area (Å²) in [5, 5.41) is 12.8. The molecule has 2 N–H and O–H groups in total. The number of benzene rings is 1. The van der Waals surface area contributed by atoms with Crippen LogP contribution in [0.4, 0.5) is 11.5 Å². The fraction of sp³-hybridized carbons (Fsp3) is 0.250. The molecule has 1 aliphatic rings. The van der Waals surface area contributed by atoms with Crippen molar-refractivity contribution < 1.29 is 9.90 Å². The van der Waals surface area contributed by atoms with Gasteiger partial charge in [0.15, 0.2) is 0 Å². The molecule has 0 bridgehead atoms. The van der Waals surface area contributed by atoms with Gasteiger partial charge in [0.2, 0.25) is 0 Å². The zero-order chi connectivity index (χ0) is 23.3. The number of thiazole rings is 1. The maximum atomic E-state index is 13.3. The summed E-state index contributed by atoms with van der Waals surface area (Å²) in [5.74, 6) is -0.338. The second-order valence-corrected chi connectivity index (χ2v) is 9.27. The summed E-state index contributed by atoms with van der Waals surface area (Å²) in [7, 11) is 0.